The Bertz CT molecular complexity index is 556. The zero-order valence-corrected chi connectivity index (χ0v) is 9.55. The largest absolute Gasteiger partial charge is 0.462 e. The Labute approximate surface area is 96.2 Å². The molecule has 1 aromatic carbocycles. The summed E-state index contributed by atoms with van der Waals surface area (Å²) in [4.78, 5) is 10.1. The van der Waals surface area contributed by atoms with Gasteiger partial charge in [0.2, 0.25) is 10.0 Å². The normalized spacial score (nSPS) is 11.3. The fourth-order valence-electron chi connectivity index (χ4n) is 1.13. The average Bonchev–Trinajstić information content (AvgIpc) is 2.19. The highest BCUT2D eigenvalue weighted by atomic mass is 32.2. The molecule has 5 nitrogen and oxygen atoms in total. The Morgan fingerprint density at radius 3 is 2.47 bits per heavy atom. The lowest BCUT2D eigenvalue weighted by atomic mass is 10.2. The second-order valence-electron chi connectivity index (χ2n) is 3.03. The van der Waals surface area contributed by atoms with Crippen LogP contribution in [0.4, 0.5) is 8.78 Å². The number of hydrogen-bond donors (Lipinski definition) is 1. The van der Waals surface area contributed by atoms with Crippen LogP contribution >= 0.6 is 0 Å². The molecular formula is C9H9F2NO4S. The molecule has 0 aromatic heterocycles. The first kappa shape index (κ1) is 13.5. The summed E-state index contributed by atoms with van der Waals surface area (Å²) in [5, 5.41) is 4.68. The molecule has 0 fully saturated rings. The number of ether oxygens (including phenoxy) is 1. The summed E-state index contributed by atoms with van der Waals surface area (Å²) in [5.74, 6) is -3.68. The maximum atomic E-state index is 13.6. The molecule has 0 unspecified atom stereocenters. The van der Waals surface area contributed by atoms with Crippen LogP contribution in [0, 0.1) is 11.6 Å². The average molecular weight is 265 g/mol. The number of benzene rings is 1. The molecule has 0 amide bonds. The maximum absolute atomic E-state index is 13.6. The van der Waals surface area contributed by atoms with Gasteiger partial charge in [-0.25, -0.2) is 27.1 Å². The van der Waals surface area contributed by atoms with E-state index in [0.29, 0.717) is 12.1 Å². The minimum absolute atomic E-state index is 0.0561. The van der Waals surface area contributed by atoms with Crippen LogP contribution in [0.1, 0.15) is 17.3 Å². The van der Waals surface area contributed by atoms with Gasteiger partial charge in [-0.05, 0) is 19.1 Å². The van der Waals surface area contributed by atoms with Gasteiger partial charge in [0, 0.05) is 0 Å². The van der Waals surface area contributed by atoms with Crippen molar-refractivity contribution in [3.63, 3.8) is 0 Å². The fourth-order valence-corrected chi connectivity index (χ4v) is 1.77. The molecule has 8 heteroatoms. The van der Waals surface area contributed by atoms with Crippen molar-refractivity contribution < 1.29 is 26.7 Å². The van der Waals surface area contributed by atoms with Crippen LogP contribution < -0.4 is 5.14 Å². The third kappa shape index (κ3) is 2.98. The van der Waals surface area contributed by atoms with Crippen molar-refractivity contribution in [3.8, 4) is 0 Å². The molecule has 0 aliphatic rings. The van der Waals surface area contributed by atoms with E-state index in [0.717, 1.165) is 0 Å². The Kier molecular flexibility index (Phi) is 3.79. The van der Waals surface area contributed by atoms with E-state index in [-0.39, 0.29) is 6.61 Å². The van der Waals surface area contributed by atoms with Gasteiger partial charge < -0.3 is 4.74 Å². The van der Waals surface area contributed by atoms with Gasteiger partial charge in [-0.15, -0.1) is 0 Å². The summed E-state index contributed by atoms with van der Waals surface area (Å²) < 4.78 is 53.0. The first-order chi connectivity index (χ1) is 7.77. The van der Waals surface area contributed by atoms with Crippen molar-refractivity contribution in [3.05, 3.63) is 29.3 Å². The number of hydrogen-bond acceptors (Lipinski definition) is 4. The zero-order chi connectivity index (χ0) is 13.2. The molecule has 0 saturated heterocycles. The Morgan fingerprint density at radius 2 is 2.00 bits per heavy atom. The van der Waals surface area contributed by atoms with E-state index in [4.69, 9.17) is 0 Å². The number of primary sulfonamides is 1. The number of halogens is 2. The highest BCUT2D eigenvalue weighted by Crippen LogP contribution is 2.19. The van der Waals surface area contributed by atoms with Gasteiger partial charge in [-0.2, -0.15) is 0 Å². The van der Waals surface area contributed by atoms with E-state index in [1.54, 1.807) is 0 Å². The lowest BCUT2D eigenvalue weighted by molar-refractivity contribution is 0.0519. The second kappa shape index (κ2) is 4.76. The highest BCUT2D eigenvalue weighted by Gasteiger charge is 2.23. The topological polar surface area (TPSA) is 86.5 Å². The van der Waals surface area contributed by atoms with Gasteiger partial charge in [0.25, 0.3) is 0 Å². The summed E-state index contributed by atoms with van der Waals surface area (Å²) >= 11 is 0. The van der Waals surface area contributed by atoms with Crippen molar-refractivity contribution in [1.29, 1.82) is 0 Å². The predicted molar refractivity (Wildman–Crippen MR) is 53.7 cm³/mol. The molecule has 94 valence electrons. The molecule has 2 N–H and O–H groups in total. The lowest BCUT2D eigenvalue weighted by Gasteiger charge is -2.06. The summed E-state index contributed by atoms with van der Waals surface area (Å²) in [6, 6.07) is 0.940. The van der Waals surface area contributed by atoms with Crippen LogP contribution in [0.5, 0.6) is 0 Å². The number of carbonyl (C=O) groups is 1. The van der Waals surface area contributed by atoms with E-state index in [1.165, 1.54) is 6.92 Å². The number of sulfonamides is 1. The van der Waals surface area contributed by atoms with Gasteiger partial charge in [-0.3, -0.25) is 0 Å². The smallest absolute Gasteiger partial charge is 0.341 e. The SMILES string of the molecule is CCOC(=O)c1cc(F)cc(S(N)(=O)=O)c1F. The molecule has 1 rings (SSSR count). The van der Waals surface area contributed by atoms with Gasteiger partial charge in [0.05, 0.1) is 12.2 Å². The molecule has 0 aliphatic carbocycles. The molecule has 0 aliphatic heterocycles. The molecule has 0 atom stereocenters. The third-order valence-electron chi connectivity index (χ3n) is 1.81. The van der Waals surface area contributed by atoms with Crippen molar-refractivity contribution >= 4 is 16.0 Å². The lowest BCUT2D eigenvalue weighted by Crippen LogP contribution is -2.17. The van der Waals surface area contributed by atoms with E-state index in [9.17, 15) is 22.0 Å². The zero-order valence-electron chi connectivity index (χ0n) is 8.74. The van der Waals surface area contributed by atoms with Crippen molar-refractivity contribution in [2.75, 3.05) is 6.61 Å². The molecular weight excluding hydrogens is 256 g/mol. The Morgan fingerprint density at radius 1 is 1.41 bits per heavy atom. The minimum Gasteiger partial charge on any atom is -0.462 e. The second-order valence-corrected chi connectivity index (χ2v) is 4.56. The minimum atomic E-state index is -4.45. The number of esters is 1. The summed E-state index contributed by atoms with van der Waals surface area (Å²) in [5.41, 5.74) is -0.809. The van der Waals surface area contributed by atoms with Crippen LogP contribution in [0.3, 0.4) is 0 Å². The Balaban J connectivity index is 3.44. The Hall–Kier alpha value is -1.54. The third-order valence-corrected chi connectivity index (χ3v) is 2.72. The molecule has 1 aromatic rings. The standard InChI is InChI=1S/C9H9F2NO4S/c1-2-16-9(13)6-3-5(10)4-7(8(6)11)17(12,14)15/h3-4H,2H2,1H3,(H2,12,14,15). The van der Waals surface area contributed by atoms with Gasteiger partial charge in [0.15, 0.2) is 5.82 Å². The summed E-state index contributed by atoms with van der Waals surface area (Å²) in [7, 11) is -4.45. The van der Waals surface area contributed by atoms with Crippen molar-refractivity contribution in [1.82, 2.24) is 0 Å². The molecule has 0 radical (unpaired) electrons. The first-order valence-electron chi connectivity index (χ1n) is 4.46. The van der Waals surface area contributed by atoms with E-state index in [2.05, 4.69) is 9.88 Å². The van der Waals surface area contributed by atoms with E-state index in [1.807, 2.05) is 0 Å². The fraction of sp³-hybridized carbons (Fsp3) is 0.222. The summed E-state index contributed by atoms with van der Waals surface area (Å²) in [6.07, 6.45) is 0. The van der Waals surface area contributed by atoms with Crippen LogP contribution in [-0.4, -0.2) is 21.0 Å². The molecule has 0 bridgehead atoms. The van der Waals surface area contributed by atoms with E-state index < -0.39 is 38.1 Å². The number of nitrogens with two attached hydrogens (primary N) is 1. The summed E-state index contributed by atoms with van der Waals surface area (Å²) in [6.45, 7) is 1.41. The van der Waals surface area contributed by atoms with Crippen molar-refractivity contribution in [2.45, 2.75) is 11.8 Å². The molecule has 17 heavy (non-hydrogen) atoms. The van der Waals surface area contributed by atoms with E-state index >= 15 is 0 Å². The maximum Gasteiger partial charge on any atom is 0.341 e. The van der Waals surface area contributed by atoms with Gasteiger partial charge in [0.1, 0.15) is 10.7 Å². The number of rotatable bonds is 3. The molecule has 0 spiro atoms. The van der Waals surface area contributed by atoms with Crippen LogP contribution in [-0.2, 0) is 14.8 Å². The van der Waals surface area contributed by atoms with Gasteiger partial charge in [-0.1, -0.05) is 0 Å². The predicted octanol–water partition coefficient (Wildman–Crippen LogP) is 0.789. The number of carbonyl (C=O) groups excluding carboxylic acids is 1. The quantitative estimate of drug-likeness (QED) is 0.818. The highest BCUT2D eigenvalue weighted by molar-refractivity contribution is 7.89. The van der Waals surface area contributed by atoms with Gasteiger partial charge >= 0.3 is 5.97 Å². The molecule has 0 heterocycles. The van der Waals surface area contributed by atoms with Crippen LogP contribution in [0.25, 0.3) is 0 Å². The first-order valence-corrected chi connectivity index (χ1v) is 6.01. The van der Waals surface area contributed by atoms with Crippen LogP contribution in [0.2, 0.25) is 0 Å². The monoisotopic (exact) mass is 265 g/mol. The molecule has 0 saturated carbocycles. The van der Waals surface area contributed by atoms with Crippen LogP contribution in [0.15, 0.2) is 17.0 Å². The van der Waals surface area contributed by atoms with Crippen molar-refractivity contribution in [2.24, 2.45) is 5.14 Å².